The molecule has 0 atom stereocenters. The highest BCUT2D eigenvalue weighted by Gasteiger charge is 2.30. The zero-order chi connectivity index (χ0) is 15.7. The van der Waals surface area contributed by atoms with Gasteiger partial charge >= 0.3 is 0 Å². The van der Waals surface area contributed by atoms with E-state index in [1.807, 2.05) is 49.4 Å². The number of aryl methyl sites for hydroxylation is 1. The SMILES string of the molecule is CC1=C(c2ccccc2)S(=O)(=O)N=C1Nc1ccc(C)cc1. The van der Waals surface area contributed by atoms with Gasteiger partial charge in [0.05, 0.1) is 0 Å². The standard InChI is InChI=1S/C17H16N2O2S/c1-12-8-10-15(11-9-12)18-17-13(2)16(22(20,21)19-17)14-6-4-3-5-7-14/h3-11H,1-2H3,(H,18,19). The highest BCUT2D eigenvalue weighted by molar-refractivity contribution is 8.00. The Labute approximate surface area is 130 Å². The lowest BCUT2D eigenvalue weighted by Crippen LogP contribution is -2.11. The average Bonchev–Trinajstić information content (AvgIpc) is 2.71. The van der Waals surface area contributed by atoms with Crippen LogP contribution in [0.2, 0.25) is 0 Å². The molecule has 2 aromatic carbocycles. The van der Waals surface area contributed by atoms with Gasteiger partial charge in [-0.2, -0.15) is 8.42 Å². The van der Waals surface area contributed by atoms with Gasteiger partial charge in [0.15, 0.2) is 0 Å². The third-order valence-corrected chi connectivity index (χ3v) is 5.00. The molecule has 2 aromatic rings. The number of sulfonamides is 1. The highest BCUT2D eigenvalue weighted by Crippen LogP contribution is 2.32. The van der Waals surface area contributed by atoms with Gasteiger partial charge in [0.2, 0.25) is 0 Å². The summed E-state index contributed by atoms with van der Waals surface area (Å²) in [4.78, 5) is 0.266. The van der Waals surface area contributed by atoms with Crippen LogP contribution in [0.3, 0.4) is 0 Å². The van der Waals surface area contributed by atoms with E-state index in [9.17, 15) is 8.42 Å². The molecule has 0 saturated carbocycles. The van der Waals surface area contributed by atoms with Gasteiger partial charge in [0, 0.05) is 11.3 Å². The molecule has 112 valence electrons. The van der Waals surface area contributed by atoms with Crippen LogP contribution in [0.4, 0.5) is 5.69 Å². The first-order valence-corrected chi connectivity index (χ1v) is 8.37. The molecule has 1 N–H and O–H groups in total. The molecule has 1 aliphatic heterocycles. The summed E-state index contributed by atoms with van der Waals surface area (Å²) >= 11 is 0. The van der Waals surface area contributed by atoms with Crippen molar-refractivity contribution in [3.05, 3.63) is 71.3 Å². The van der Waals surface area contributed by atoms with Gasteiger partial charge in [-0.15, -0.1) is 4.40 Å². The first-order valence-electron chi connectivity index (χ1n) is 6.93. The van der Waals surface area contributed by atoms with E-state index in [4.69, 9.17) is 0 Å². The van der Waals surface area contributed by atoms with Crippen LogP contribution in [-0.4, -0.2) is 14.3 Å². The molecule has 0 aliphatic carbocycles. The minimum absolute atomic E-state index is 0.266. The Hall–Kier alpha value is -2.40. The predicted molar refractivity (Wildman–Crippen MR) is 90.2 cm³/mol. The summed E-state index contributed by atoms with van der Waals surface area (Å²) in [5.74, 6) is 0.378. The Morgan fingerprint density at radius 3 is 2.18 bits per heavy atom. The van der Waals surface area contributed by atoms with Crippen LogP contribution in [0.5, 0.6) is 0 Å². The third kappa shape index (κ3) is 2.67. The lowest BCUT2D eigenvalue weighted by atomic mass is 10.1. The first kappa shape index (κ1) is 14.5. The maximum absolute atomic E-state index is 12.3. The Balaban J connectivity index is 2.00. The maximum atomic E-state index is 12.3. The normalized spacial score (nSPS) is 16.5. The molecule has 0 unspecified atom stereocenters. The lowest BCUT2D eigenvalue weighted by molar-refractivity contribution is 0.608. The van der Waals surface area contributed by atoms with Crippen LogP contribution < -0.4 is 5.32 Å². The molecule has 4 nitrogen and oxygen atoms in total. The summed E-state index contributed by atoms with van der Waals surface area (Å²) in [5, 5.41) is 3.09. The monoisotopic (exact) mass is 312 g/mol. The molecule has 0 fully saturated rings. The zero-order valence-electron chi connectivity index (χ0n) is 12.4. The van der Waals surface area contributed by atoms with E-state index < -0.39 is 10.0 Å². The third-order valence-electron chi connectivity index (χ3n) is 3.52. The van der Waals surface area contributed by atoms with Crippen LogP contribution in [0.15, 0.2) is 64.6 Å². The van der Waals surface area contributed by atoms with Gasteiger partial charge < -0.3 is 5.32 Å². The smallest absolute Gasteiger partial charge is 0.285 e. The van der Waals surface area contributed by atoms with Crippen molar-refractivity contribution in [1.29, 1.82) is 0 Å². The first-order chi connectivity index (χ1) is 10.5. The lowest BCUT2D eigenvalue weighted by Gasteiger charge is -2.07. The van der Waals surface area contributed by atoms with E-state index in [0.717, 1.165) is 11.3 Å². The number of hydrogen-bond donors (Lipinski definition) is 1. The van der Waals surface area contributed by atoms with Crippen LogP contribution in [0, 0.1) is 6.92 Å². The highest BCUT2D eigenvalue weighted by atomic mass is 32.2. The zero-order valence-corrected chi connectivity index (χ0v) is 13.2. The van der Waals surface area contributed by atoms with Gasteiger partial charge in [-0.25, -0.2) is 0 Å². The molecule has 0 radical (unpaired) electrons. The van der Waals surface area contributed by atoms with E-state index in [1.54, 1.807) is 19.1 Å². The average molecular weight is 312 g/mol. The maximum Gasteiger partial charge on any atom is 0.285 e. The van der Waals surface area contributed by atoms with E-state index >= 15 is 0 Å². The minimum Gasteiger partial charge on any atom is -0.339 e. The van der Waals surface area contributed by atoms with Crippen LogP contribution in [0.25, 0.3) is 4.91 Å². The number of benzene rings is 2. The second kappa shape index (κ2) is 5.42. The summed E-state index contributed by atoms with van der Waals surface area (Å²) in [6, 6.07) is 16.8. The number of rotatable bonds is 2. The van der Waals surface area contributed by atoms with Gasteiger partial charge in [-0.1, -0.05) is 48.0 Å². The van der Waals surface area contributed by atoms with Gasteiger partial charge in [-0.05, 0) is 31.5 Å². The molecular weight excluding hydrogens is 296 g/mol. The molecule has 0 amide bonds. The Kier molecular flexibility index (Phi) is 3.58. The molecule has 0 bridgehead atoms. The van der Waals surface area contributed by atoms with Gasteiger partial charge in [-0.3, -0.25) is 0 Å². The Morgan fingerprint density at radius 2 is 1.55 bits per heavy atom. The predicted octanol–water partition coefficient (Wildman–Crippen LogP) is 3.58. The molecule has 22 heavy (non-hydrogen) atoms. The van der Waals surface area contributed by atoms with Crippen molar-refractivity contribution in [1.82, 2.24) is 0 Å². The van der Waals surface area contributed by atoms with Crippen molar-refractivity contribution >= 4 is 26.5 Å². The quantitative estimate of drug-likeness (QED) is 0.922. The molecule has 3 rings (SSSR count). The Bertz CT molecular complexity index is 865. The molecule has 0 saturated heterocycles. The fraction of sp³-hybridized carbons (Fsp3) is 0.118. The molecule has 1 heterocycles. The topological polar surface area (TPSA) is 58.5 Å². The fourth-order valence-electron chi connectivity index (χ4n) is 2.38. The van der Waals surface area contributed by atoms with E-state index in [0.29, 0.717) is 17.0 Å². The Morgan fingerprint density at radius 1 is 0.909 bits per heavy atom. The van der Waals surface area contributed by atoms with Crippen molar-refractivity contribution in [2.45, 2.75) is 13.8 Å². The molecule has 1 aliphatic rings. The summed E-state index contributed by atoms with van der Waals surface area (Å²) in [5.41, 5.74) is 3.24. The summed E-state index contributed by atoms with van der Waals surface area (Å²) < 4.78 is 28.6. The van der Waals surface area contributed by atoms with Gasteiger partial charge in [0.1, 0.15) is 10.7 Å². The molecule has 5 heteroatoms. The van der Waals surface area contributed by atoms with Gasteiger partial charge in [0.25, 0.3) is 10.0 Å². The summed E-state index contributed by atoms with van der Waals surface area (Å²) in [6.07, 6.45) is 0. The van der Waals surface area contributed by atoms with Crippen LogP contribution in [-0.2, 0) is 10.0 Å². The molecule has 0 aromatic heterocycles. The van der Waals surface area contributed by atoms with Crippen molar-refractivity contribution in [2.24, 2.45) is 4.40 Å². The number of nitrogens with one attached hydrogen (secondary N) is 1. The van der Waals surface area contributed by atoms with E-state index in [1.165, 1.54) is 0 Å². The van der Waals surface area contributed by atoms with Crippen molar-refractivity contribution < 1.29 is 8.42 Å². The van der Waals surface area contributed by atoms with Crippen LogP contribution in [0.1, 0.15) is 18.1 Å². The van der Waals surface area contributed by atoms with Crippen molar-refractivity contribution in [2.75, 3.05) is 5.32 Å². The summed E-state index contributed by atoms with van der Waals surface area (Å²) in [7, 11) is -3.66. The number of amidine groups is 1. The molecular formula is C17H16N2O2S. The van der Waals surface area contributed by atoms with E-state index in [-0.39, 0.29) is 4.91 Å². The van der Waals surface area contributed by atoms with E-state index in [2.05, 4.69) is 9.71 Å². The second-order valence-corrected chi connectivity index (χ2v) is 6.77. The second-order valence-electron chi connectivity index (χ2n) is 5.23. The van der Waals surface area contributed by atoms with Crippen LogP contribution >= 0.6 is 0 Å². The fourth-order valence-corrected chi connectivity index (χ4v) is 3.81. The number of hydrogen-bond acceptors (Lipinski definition) is 3. The molecule has 0 spiro atoms. The number of anilines is 1. The largest absolute Gasteiger partial charge is 0.339 e. The van der Waals surface area contributed by atoms with Crippen molar-refractivity contribution in [3.63, 3.8) is 0 Å². The minimum atomic E-state index is -3.66. The van der Waals surface area contributed by atoms with Crippen molar-refractivity contribution in [3.8, 4) is 0 Å². The summed E-state index contributed by atoms with van der Waals surface area (Å²) in [6.45, 7) is 3.77. The number of nitrogens with zero attached hydrogens (tertiary/aromatic N) is 1.